The van der Waals surface area contributed by atoms with Gasteiger partial charge in [-0.15, -0.1) is 0 Å². The molecule has 2 aliphatic carbocycles. The average Bonchev–Trinajstić information content (AvgIpc) is 3.92. The minimum absolute atomic E-state index is 0.437. The van der Waals surface area contributed by atoms with E-state index in [0.717, 1.165) is 61.0 Å². The topological polar surface area (TPSA) is 37.9 Å². The van der Waals surface area contributed by atoms with E-state index in [1.165, 1.54) is 38.9 Å². The predicted octanol–water partition coefficient (Wildman–Crippen LogP) is 13.7. The Morgan fingerprint density at radius 1 is 0.466 bits per heavy atom. The third-order valence-electron chi connectivity index (χ3n) is 11.9. The fourth-order valence-corrected chi connectivity index (χ4v) is 9.41. The van der Waals surface area contributed by atoms with Gasteiger partial charge in [-0.05, 0) is 62.2 Å². The van der Waals surface area contributed by atoms with Gasteiger partial charge in [-0.3, -0.25) is 0 Å². The molecule has 0 saturated heterocycles. The van der Waals surface area contributed by atoms with Gasteiger partial charge in [0.05, 0.1) is 16.8 Å². The van der Waals surface area contributed by atoms with Gasteiger partial charge >= 0.3 is 0 Å². The highest BCUT2D eigenvalue weighted by atomic mass is 16.3. The number of hydrogen-bond acceptors (Lipinski definition) is 2. The second-order valence-electron chi connectivity index (χ2n) is 14.9. The summed E-state index contributed by atoms with van der Waals surface area (Å²) >= 11 is 0. The van der Waals surface area contributed by atoms with E-state index in [9.17, 15) is 0 Å². The van der Waals surface area contributed by atoms with Crippen LogP contribution in [0.1, 0.15) is 38.9 Å². The third kappa shape index (κ3) is 4.93. The Morgan fingerprint density at radius 2 is 1.02 bits per heavy atom. The third-order valence-corrected chi connectivity index (χ3v) is 11.9. The number of hydrogen-bond donors (Lipinski definition) is 0. The lowest BCUT2D eigenvalue weighted by Crippen LogP contribution is -2.25. The van der Waals surface area contributed by atoms with E-state index in [0.29, 0.717) is 11.5 Å². The largest absolute Gasteiger partial charge is 0.455 e. The molecule has 58 heavy (non-hydrogen) atoms. The van der Waals surface area contributed by atoms with Gasteiger partial charge in [0.1, 0.15) is 11.2 Å². The molecule has 11 rings (SSSR count). The molecule has 0 radical (unpaired) electrons. The van der Waals surface area contributed by atoms with Crippen LogP contribution >= 0.6 is 0 Å². The van der Waals surface area contributed by atoms with Gasteiger partial charge in [-0.1, -0.05) is 195 Å². The van der Waals surface area contributed by atoms with Crippen LogP contribution in [0.5, 0.6) is 0 Å². The van der Waals surface area contributed by atoms with Crippen molar-refractivity contribution in [1.29, 1.82) is 0 Å². The van der Waals surface area contributed by atoms with Crippen molar-refractivity contribution in [2.75, 3.05) is 0 Å². The average molecular weight is 741 g/mol. The van der Waals surface area contributed by atoms with Crippen LogP contribution in [0.4, 0.5) is 0 Å². The van der Waals surface area contributed by atoms with E-state index in [1.807, 2.05) is 60.7 Å². The number of furan rings is 1. The standard InChI is InChI=1S/C55H36N2O/c1-3-50(37-20-8-5-9-21-37)57-54(56-35(2)36-18-6-4-7-19-36)39-23-16-22-38(34-39)40-27-17-28-43-44-32-33-49-51(53(44)58-52(40)43)45-26-12-15-31-48(45)55(49)46-29-13-10-24-41(46)42-25-11-14-30-47(42)55/h3-34H,1-2H2/b56-54-,57-50+. The molecule has 0 aliphatic heterocycles. The summed E-state index contributed by atoms with van der Waals surface area (Å²) < 4.78 is 7.19. The number of benzene rings is 8. The number of amidine groups is 1. The zero-order valence-corrected chi connectivity index (χ0v) is 31.7. The van der Waals surface area contributed by atoms with Crippen molar-refractivity contribution >= 4 is 39.2 Å². The normalized spacial score (nSPS) is 13.7. The summed E-state index contributed by atoms with van der Waals surface area (Å²) in [5.41, 5.74) is 17.6. The predicted molar refractivity (Wildman–Crippen MR) is 241 cm³/mol. The molecule has 3 heteroatoms. The molecule has 1 spiro atoms. The van der Waals surface area contributed by atoms with Crippen molar-refractivity contribution in [3.05, 3.63) is 246 Å². The second kappa shape index (κ2) is 13.3. The molecule has 0 N–H and O–H groups in total. The number of rotatable bonds is 6. The maximum atomic E-state index is 7.19. The van der Waals surface area contributed by atoms with Crippen LogP contribution in [-0.2, 0) is 5.41 Å². The number of fused-ring (bicyclic) bond motifs is 14. The van der Waals surface area contributed by atoms with Gasteiger partial charge in [0.2, 0.25) is 0 Å². The van der Waals surface area contributed by atoms with Gasteiger partial charge < -0.3 is 4.42 Å². The van der Waals surface area contributed by atoms with Crippen molar-refractivity contribution in [1.82, 2.24) is 0 Å². The smallest absolute Gasteiger partial charge is 0.160 e. The molecular formula is C55H36N2O. The minimum atomic E-state index is -0.437. The highest BCUT2D eigenvalue weighted by Gasteiger charge is 2.52. The van der Waals surface area contributed by atoms with E-state index in [2.05, 4.69) is 141 Å². The lowest BCUT2D eigenvalue weighted by molar-refractivity contribution is 0.670. The lowest BCUT2D eigenvalue weighted by Gasteiger charge is -2.30. The Hall–Kier alpha value is -7.62. The van der Waals surface area contributed by atoms with Crippen molar-refractivity contribution in [2.24, 2.45) is 9.98 Å². The summed E-state index contributed by atoms with van der Waals surface area (Å²) in [5.74, 6) is 0.545. The molecule has 1 aromatic heterocycles. The van der Waals surface area contributed by atoms with E-state index < -0.39 is 5.41 Å². The van der Waals surface area contributed by atoms with E-state index in [1.54, 1.807) is 6.08 Å². The molecular weight excluding hydrogens is 705 g/mol. The van der Waals surface area contributed by atoms with Crippen molar-refractivity contribution in [2.45, 2.75) is 5.41 Å². The number of aliphatic imine (C=N–C) groups is 2. The molecule has 8 aromatic carbocycles. The van der Waals surface area contributed by atoms with Crippen LogP contribution < -0.4 is 0 Å². The highest BCUT2D eigenvalue weighted by Crippen LogP contribution is 2.64. The summed E-state index contributed by atoms with van der Waals surface area (Å²) in [5, 5.41) is 2.18. The minimum Gasteiger partial charge on any atom is -0.455 e. The molecule has 272 valence electrons. The first-order valence-corrected chi connectivity index (χ1v) is 19.6. The molecule has 0 amide bonds. The van der Waals surface area contributed by atoms with Gasteiger partial charge in [-0.2, -0.15) is 0 Å². The zero-order chi connectivity index (χ0) is 38.8. The lowest BCUT2D eigenvalue weighted by atomic mass is 9.70. The van der Waals surface area contributed by atoms with E-state index in [4.69, 9.17) is 14.4 Å². The molecule has 0 unspecified atom stereocenters. The molecule has 3 nitrogen and oxygen atoms in total. The monoisotopic (exact) mass is 740 g/mol. The Kier molecular flexibility index (Phi) is 7.70. The highest BCUT2D eigenvalue weighted by molar-refractivity contribution is 6.18. The molecule has 0 atom stereocenters. The van der Waals surface area contributed by atoms with Gasteiger partial charge in [0, 0.05) is 33.0 Å². The van der Waals surface area contributed by atoms with Gasteiger partial charge in [0.15, 0.2) is 5.84 Å². The number of allylic oxidation sites excluding steroid dienone is 1. The SMILES string of the molecule is C=C/C(=N\C(=N/C(=C)c1ccccc1)c1cccc(-c2cccc3c2oc2c4c(ccc23)C2(c3ccccc3-c3ccccc32)c2ccccc2-4)c1)c1ccccc1. The molecule has 0 fully saturated rings. The Bertz CT molecular complexity index is 3160. The van der Waals surface area contributed by atoms with Crippen molar-refractivity contribution < 1.29 is 4.42 Å². The van der Waals surface area contributed by atoms with Crippen molar-refractivity contribution in [3.63, 3.8) is 0 Å². The summed E-state index contributed by atoms with van der Waals surface area (Å²) in [6.45, 7) is 8.45. The van der Waals surface area contributed by atoms with Gasteiger partial charge in [0.25, 0.3) is 0 Å². The van der Waals surface area contributed by atoms with Crippen LogP contribution in [0, 0.1) is 0 Å². The quantitative estimate of drug-likeness (QED) is 0.124. The van der Waals surface area contributed by atoms with Crippen LogP contribution in [0.2, 0.25) is 0 Å². The van der Waals surface area contributed by atoms with E-state index >= 15 is 0 Å². The number of para-hydroxylation sites is 1. The molecule has 2 aliphatic rings. The van der Waals surface area contributed by atoms with Crippen LogP contribution in [0.25, 0.3) is 61.0 Å². The first kappa shape index (κ1) is 33.7. The number of nitrogens with zero attached hydrogens (tertiary/aromatic N) is 2. The molecule has 1 heterocycles. The zero-order valence-electron chi connectivity index (χ0n) is 31.7. The van der Waals surface area contributed by atoms with E-state index in [-0.39, 0.29) is 0 Å². The Labute approximate surface area is 337 Å². The summed E-state index contributed by atoms with van der Waals surface area (Å²) in [6.07, 6.45) is 1.78. The molecule has 0 saturated carbocycles. The summed E-state index contributed by atoms with van der Waals surface area (Å²) in [6, 6.07) is 66.2. The van der Waals surface area contributed by atoms with Gasteiger partial charge in [-0.25, -0.2) is 9.98 Å². The van der Waals surface area contributed by atoms with Crippen LogP contribution in [-0.4, -0.2) is 11.5 Å². The molecule has 0 bridgehead atoms. The van der Waals surface area contributed by atoms with Crippen LogP contribution in [0.3, 0.4) is 0 Å². The summed E-state index contributed by atoms with van der Waals surface area (Å²) in [4.78, 5) is 10.2. The Morgan fingerprint density at radius 3 is 1.71 bits per heavy atom. The maximum Gasteiger partial charge on any atom is 0.160 e. The first-order chi connectivity index (χ1) is 28.6. The van der Waals surface area contributed by atoms with Crippen LogP contribution in [0.15, 0.2) is 222 Å². The first-order valence-electron chi connectivity index (χ1n) is 19.6. The fourth-order valence-electron chi connectivity index (χ4n) is 9.41. The molecule has 9 aromatic rings. The fraction of sp³-hybridized carbons (Fsp3) is 0.0182. The second-order valence-corrected chi connectivity index (χ2v) is 14.9. The Balaban J connectivity index is 1.10. The summed E-state index contributed by atoms with van der Waals surface area (Å²) in [7, 11) is 0. The van der Waals surface area contributed by atoms with Crippen molar-refractivity contribution in [3.8, 4) is 33.4 Å². The maximum absolute atomic E-state index is 7.19.